The lowest BCUT2D eigenvalue weighted by Crippen LogP contribution is -2.07. The van der Waals surface area contributed by atoms with Crippen LogP contribution in [0.25, 0.3) is 0 Å². The molecule has 0 radical (unpaired) electrons. The fraction of sp³-hybridized carbons (Fsp3) is 0.316. The van der Waals surface area contributed by atoms with E-state index in [1.807, 2.05) is 48.5 Å². The molecule has 0 aliphatic carbocycles. The standard InChI is InChI=1S/C19H22O2/c1-3-5-13-21-18-12-11-15(4-2)14-17(18)19(20)16-9-7-6-8-10-16/h6-12,14H,3-5,13H2,1-2H3. The molecule has 0 saturated carbocycles. The Morgan fingerprint density at radius 1 is 1.05 bits per heavy atom. The third-order valence-corrected chi connectivity index (χ3v) is 3.49. The Labute approximate surface area is 126 Å². The summed E-state index contributed by atoms with van der Waals surface area (Å²) in [5, 5.41) is 0. The third kappa shape index (κ3) is 3.94. The van der Waals surface area contributed by atoms with E-state index in [9.17, 15) is 4.79 Å². The first-order valence-corrected chi connectivity index (χ1v) is 7.61. The van der Waals surface area contributed by atoms with E-state index in [1.54, 1.807) is 0 Å². The molecule has 2 aromatic rings. The highest BCUT2D eigenvalue weighted by molar-refractivity contribution is 6.10. The van der Waals surface area contributed by atoms with Crippen LogP contribution in [0.1, 0.15) is 48.2 Å². The highest BCUT2D eigenvalue weighted by atomic mass is 16.5. The Balaban J connectivity index is 2.32. The molecule has 0 fully saturated rings. The molecule has 0 amide bonds. The quantitative estimate of drug-likeness (QED) is 0.545. The normalized spacial score (nSPS) is 10.4. The average Bonchev–Trinajstić information content (AvgIpc) is 2.55. The van der Waals surface area contributed by atoms with Crippen LogP contribution in [0.5, 0.6) is 5.75 Å². The number of ether oxygens (including phenoxy) is 1. The number of hydrogen-bond acceptors (Lipinski definition) is 2. The summed E-state index contributed by atoms with van der Waals surface area (Å²) < 4.78 is 5.80. The van der Waals surface area contributed by atoms with Crippen LogP contribution in [0, 0.1) is 0 Å². The van der Waals surface area contributed by atoms with Gasteiger partial charge in [0.1, 0.15) is 5.75 Å². The zero-order chi connectivity index (χ0) is 15.1. The Kier molecular flexibility index (Phi) is 5.56. The van der Waals surface area contributed by atoms with Gasteiger partial charge in [-0.3, -0.25) is 4.79 Å². The largest absolute Gasteiger partial charge is 0.493 e. The van der Waals surface area contributed by atoms with Crippen molar-refractivity contribution >= 4 is 5.78 Å². The number of rotatable bonds is 7. The molecule has 0 aromatic heterocycles. The van der Waals surface area contributed by atoms with Crippen LogP contribution < -0.4 is 4.74 Å². The van der Waals surface area contributed by atoms with E-state index in [2.05, 4.69) is 13.8 Å². The topological polar surface area (TPSA) is 26.3 Å². The van der Waals surface area contributed by atoms with Crippen LogP contribution in [-0.4, -0.2) is 12.4 Å². The average molecular weight is 282 g/mol. The van der Waals surface area contributed by atoms with Crippen LogP contribution in [0.2, 0.25) is 0 Å². The van der Waals surface area contributed by atoms with Gasteiger partial charge in [-0.1, -0.05) is 56.7 Å². The molecule has 0 saturated heterocycles. The third-order valence-electron chi connectivity index (χ3n) is 3.49. The molecule has 21 heavy (non-hydrogen) atoms. The van der Waals surface area contributed by atoms with E-state index in [0.717, 1.165) is 24.8 Å². The van der Waals surface area contributed by atoms with Crippen LogP contribution in [0.4, 0.5) is 0 Å². The number of benzene rings is 2. The molecule has 2 heteroatoms. The minimum Gasteiger partial charge on any atom is -0.493 e. The first kappa shape index (κ1) is 15.3. The van der Waals surface area contributed by atoms with Gasteiger partial charge in [-0.25, -0.2) is 0 Å². The van der Waals surface area contributed by atoms with Crippen molar-refractivity contribution in [3.63, 3.8) is 0 Å². The van der Waals surface area contributed by atoms with E-state index >= 15 is 0 Å². The molecule has 0 spiro atoms. The van der Waals surface area contributed by atoms with Crippen molar-refractivity contribution in [3.8, 4) is 5.75 Å². The first-order valence-electron chi connectivity index (χ1n) is 7.61. The van der Waals surface area contributed by atoms with Crippen molar-refractivity contribution in [2.24, 2.45) is 0 Å². The van der Waals surface area contributed by atoms with Gasteiger partial charge in [-0.15, -0.1) is 0 Å². The molecular formula is C19H22O2. The molecule has 110 valence electrons. The second-order valence-corrected chi connectivity index (χ2v) is 5.08. The zero-order valence-corrected chi connectivity index (χ0v) is 12.8. The van der Waals surface area contributed by atoms with Crippen molar-refractivity contribution in [2.45, 2.75) is 33.1 Å². The van der Waals surface area contributed by atoms with Gasteiger partial charge in [0.15, 0.2) is 5.78 Å². The molecule has 2 aromatic carbocycles. The van der Waals surface area contributed by atoms with E-state index in [1.165, 1.54) is 0 Å². The van der Waals surface area contributed by atoms with Crippen molar-refractivity contribution in [2.75, 3.05) is 6.61 Å². The minimum atomic E-state index is 0.0254. The molecule has 0 bridgehead atoms. The van der Waals surface area contributed by atoms with Gasteiger partial charge in [-0.05, 0) is 30.5 Å². The Morgan fingerprint density at radius 3 is 2.48 bits per heavy atom. The molecular weight excluding hydrogens is 260 g/mol. The number of unbranched alkanes of at least 4 members (excludes halogenated alkanes) is 1. The highest BCUT2D eigenvalue weighted by Gasteiger charge is 2.15. The number of carbonyl (C=O) groups excluding carboxylic acids is 1. The predicted molar refractivity (Wildman–Crippen MR) is 86.1 cm³/mol. The lowest BCUT2D eigenvalue weighted by Gasteiger charge is -2.12. The van der Waals surface area contributed by atoms with Crippen molar-refractivity contribution in [1.29, 1.82) is 0 Å². The molecule has 2 rings (SSSR count). The van der Waals surface area contributed by atoms with Crippen LogP contribution >= 0.6 is 0 Å². The summed E-state index contributed by atoms with van der Waals surface area (Å²) in [4.78, 5) is 12.7. The lowest BCUT2D eigenvalue weighted by atomic mass is 9.99. The van der Waals surface area contributed by atoms with Crippen molar-refractivity contribution in [1.82, 2.24) is 0 Å². The summed E-state index contributed by atoms with van der Waals surface area (Å²) in [5.74, 6) is 0.715. The number of carbonyl (C=O) groups is 1. The summed E-state index contributed by atoms with van der Waals surface area (Å²) in [6.07, 6.45) is 2.98. The number of hydrogen-bond donors (Lipinski definition) is 0. The summed E-state index contributed by atoms with van der Waals surface area (Å²) in [7, 11) is 0. The fourth-order valence-corrected chi connectivity index (χ4v) is 2.17. The van der Waals surface area contributed by atoms with Crippen LogP contribution in [0.15, 0.2) is 48.5 Å². The number of aryl methyl sites for hydroxylation is 1. The van der Waals surface area contributed by atoms with Crippen molar-refractivity contribution < 1.29 is 9.53 Å². The molecule has 0 unspecified atom stereocenters. The fourth-order valence-electron chi connectivity index (χ4n) is 2.17. The van der Waals surface area contributed by atoms with Gasteiger partial charge in [0, 0.05) is 5.56 Å². The highest BCUT2D eigenvalue weighted by Crippen LogP contribution is 2.24. The zero-order valence-electron chi connectivity index (χ0n) is 12.8. The van der Waals surface area contributed by atoms with Gasteiger partial charge < -0.3 is 4.74 Å². The summed E-state index contributed by atoms with van der Waals surface area (Å²) >= 11 is 0. The SMILES string of the molecule is CCCCOc1ccc(CC)cc1C(=O)c1ccccc1. The maximum atomic E-state index is 12.7. The second-order valence-electron chi connectivity index (χ2n) is 5.08. The summed E-state index contributed by atoms with van der Waals surface area (Å²) in [6.45, 7) is 4.86. The van der Waals surface area contributed by atoms with E-state index < -0.39 is 0 Å². The second kappa shape index (κ2) is 7.63. The van der Waals surface area contributed by atoms with E-state index in [0.29, 0.717) is 23.5 Å². The smallest absolute Gasteiger partial charge is 0.196 e. The van der Waals surface area contributed by atoms with Gasteiger partial charge in [0.2, 0.25) is 0 Å². The predicted octanol–water partition coefficient (Wildman–Crippen LogP) is 4.66. The Hall–Kier alpha value is -2.09. The summed E-state index contributed by atoms with van der Waals surface area (Å²) in [5.41, 5.74) is 2.51. The number of ketones is 1. The maximum Gasteiger partial charge on any atom is 0.196 e. The molecule has 2 nitrogen and oxygen atoms in total. The van der Waals surface area contributed by atoms with Crippen molar-refractivity contribution in [3.05, 3.63) is 65.2 Å². The van der Waals surface area contributed by atoms with E-state index in [4.69, 9.17) is 4.74 Å². The molecule has 0 aliphatic rings. The van der Waals surface area contributed by atoms with E-state index in [-0.39, 0.29) is 5.78 Å². The monoisotopic (exact) mass is 282 g/mol. The van der Waals surface area contributed by atoms with Gasteiger partial charge >= 0.3 is 0 Å². The van der Waals surface area contributed by atoms with Gasteiger partial charge in [0.05, 0.1) is 12.2 Å². The molecule has 0 atom stereocenters. The Morgan fingerprint density at radius 2 is 1.81 bits per heavy atom. The maximum absolute atomic E-state index is 12.7. The van der Waals surface area contributed by atoms with Gasteiger partial charge in [0.25, 0.3) is 0 Å². The lowest BCUT2D eigenvalue weighted by molar-refractivity contribution is 0.103. The first-order chi connectivity index (χ1) is 10.3. The molecule has 0 N–H and O–H groups in total. The Bertz CT molecular complexity index is 588. The molecule has 0 aliphatic heterocycles. The van der Waals surface area contributed by atoms with Crippen LogP contribution in [-0.2, 0) is 6.42 Å². The van der Waals surface area contributed by atoms with Gasteiger partial charge in [-0.2, -0.15) is 0 Å². The van der Waals surface area contributed by atoms with Crippen LogP contribution in [0.3, 0.4) is 0 Å². The minimum absolute atomic E-state index is 0.0254. The molecule has 0 heterocycles. The summed E-state index contributed by atoms with van der Waals surface area (Å²) in [6, 6.07) is 15.3.